The molecule has 2 aliphatic rings. The zero-order valence-corrected chi connectivity index (χ0v) is 21.9. The predicted octanol–water partition coefficient (Wildman–Crippen LogP) is 4.97. The Kier molecular flexibility index (Phi) is 10.2. The Morgan fingerprint density at radius 3 is 2.51 bits per heavy atom. The summed E-state index contributed by atoms with van der Waals surface area (Å²) in [6.07, 6.45) is 13.8. The van der Waals surface area contributed by atoms with Crippen molar-refractivity contribution in [3.05, 3.63) is 74.7 Å². The van der Waals surface area contributed by atoms with E-state index < -0.39 is 0 Å². The summed E-state index contributed by atoms with van der Waals surface area (Å²) in [4.78, 5) is 30.3. The summed E-state index contributed by atoms with van der Waals surface area (Å²) < 4.78 is 0. The van der Waals surface area contributed by atoms with Crippen molar-refractivity contribution in [1.82, 2.24) is 15.2 Å². The van der Waals surface area contributed by atoms with E-state index in [1.54, 1.807) is 0 Å². The molecular formula is C29H42N4O2. The molecule has 1 aliphatic heterocycles. The third kappa shape index (κ3) is 7.56. The Morgan fingerprint density at radius 1 is 1.06 bits per heavy atom. The summed E-state index contributed by atoms with van der Waals surface area (Å²) in [6, 6.07) is 8.61. The normalized spacial score (nSPS) is 17.6. The summed E-state index contributed by atoms with van der Waals surface area (Å²) >= 11 is 0. The van der Waals surface area contributed by atoms with Crippen LogP contribution in [0, 0.1) is 6.92 Å². The van der Waals surface area contributed by atoms with E-state index in [2.05, 4.69) is 46.8 Å². The van der Waals surface area contributed by atoms with Crippen LogP contribution in [0.2, 0.25) is 0 Å². The van der Waals surface area contributed by atoms with E-state index in [4.69, 9.17) is 0 Å². The molecular weight excluding hydrogens is 436 g/mol. The highest BCUT2D eigenvalue weighted by Gasteiger charge is 2.17. The zero-order chi connectivity index (χ0) is 25.2. The molecule has 1 fully saturated rings. The number of benzene rings is 1. The number of aryl methyl sites for hydroxylation is 2. The Hall–Kier alpha value is -2.86. The van der Waals surface area contributed by atoms with Gasteiger partial charge in [0.1, 0.15) is 0 Å². The number of aromatic nitrogens is 1. The summed E-state index contributed by atoms with van der Waals surface area (Å²) in [5.41, 5.74) is 4.98. The predicted molar refractivity (Wildman–Crippen MR) is 145 cm³/mol. The number of H-pyrrole nitrogens is 1. The summed E-state index contributed by atoms with van der Waals surface area (Å²) in [6.45, 7) is 4.95. The fourth-order valence-corrected chi connectivity index (χ4v) is 5.00. The zero-order valence-electron chi connectivity index (χ0n) is 21.9. The molecule has 1 saturated carbocycles. The summed E-state index contributed by atoms with van der Waals surface area (Å²) in [5.74, 6) is -0.153. The van der Waals surface area contributed by atoms with Crippen LogP contribution in [-0.2, 0) is 19.4 Å². The lowest BCUT2D eigenvalue weighted by molar-refractivity contribution is 0.0950. The number of hydrogen-bond acceptors (Lipinski definition) is 4. The van der Waals surface area contributed by atoms with Gasteiger partial charge in [0.05, 0.1) is 0 Å². The van der Waals surface area contributed by atoms with Crippen molar-refractivity contribution >= 4 is 11.6 Å². The molecule has 35 heavy (non-hydrogen) atoms. The number of amides is 1. The molecule has 0 bridgehead atoms. The molecule has 0 unspecified atom stereocenters. The van der Waals surface area contributed by atoms with Crippen LogP contribution < -0.4 is 16.2 Å². The molecule has 1 aromatic carbocycles. The number of fused-ring (bicyclic) bond motifs is 2. The number of hydrogen-bond donors (Lipinski definition) is 3. The minimum absolute atomic E-state index is 0.122. The lowest BCUT2D eigenvalue weighted by Gasteiger charge is -2.27. The molecule has 0 spiro atoms. The lowest BCUT2D eigenvalue weighted by Crippen LogP contribution is -2.29. The van der Waals surface area contributed by atoms with E-state index in [-0.39, 0.29) is 18.0 Å². The number of aromatic amines is 1. The van der Waals surface area contributed by atoms with E-state index in [0.717, 1.165) is 47.9 Å². The third-order valence-corrected chi connectivity index (χ3v) is 6.95. The second-order valence-electron chi connectivity index (χ2n) is 9.80. The molecule has 0 radical (unpaired) electrons. The maximum absolute atomic E-state index is 12.8. The molecule has 0 saturated heterocycles. The molecule has 2 heterocycles. The average Bonchev–Trinajstić information content (AvgIpc) is 2.84. The summed E-state index contributed by atoms with van der Waals surface area (Å²) in [5, 5.41) is 6.26. The van der Waals surface area contributed by atoms with Crippen LogP contribution in [0.4, 0.5) is 5.69 Å². The number of allylic oxidation sites excluding steroid dienone is 2. The van der Waals surface area contributed by atoms with Gasteiger partial charge in [-0.1, -0.05) is 37.5 Å². The van der Waals surface area contributed by atoms with Crippen LogP contribution in [0.15, 0.2) is 41.2 Å². The van der Waals surface area contributed by atoms with Gasteiger partial charge in [0.2, 0.25) is 0 Å². The van der Waals surface area contributed by atoms with Crippen molar-refractivity contribution < 1.29 is 4.79 Å². The average molecular weight is 479 g/mol. The fraction of sp³-hybridized carbons (Fsp3) is 0.517. The molecule has 6 nitrogen and oxygen atoms in total. The number of anilines is 1. The van der Waals surface area contributed by atoms with Gasteiger partial charge in [0.25, 0.3) is 11.5 Å². The second-order valence-corrected chi connectivity index (χ2v) is 9.80. The van der Waals surface area contributed by atoms with Gasteiger partial charge < -0.3 is 20.5 Å². The number of pyridine rings is 1. The monoisotopic (exact) mass is 478 g/mol. The van der Waals surface area contributed by atoms with Crippen molar-refractivity contribution in [2.45, 2.75) is 77.8 Å². The lowest BCUT2D eigenvalue weighted by atomic mass is 9.95. The van der Waals surface area contributed by atoms with Crippen molar-refractivity contribution in [2.75, 3.05) is 26.0 Å². The van der Waals surface area contributed by atoms with Gasteiger partial charge in [-0.3, -0.25) is 9.59 Å². The van der Waals surface area contributed by atoms with Gasteiger partial charge in [-0.25, -0.2) is 0 Å². The molecule has 3 N–H and O–H groups in total. The smallest absolute Gasteiger partial charge is 0.253 e. The van der Waals surface area contributed by atoms with Crippen LogP contribution in [0.3, 0.4) is 0 Å². The van der Waals surface area contributed by atoms with Gasteiger partial charge in [0.15, 0.2) is 0 Å². The van der Waals surface area contributed by atoms with Gasteiger partial charge in [-0.2, -0.15) is 0 Å². The van der Waals surface area contributed by atoms with Gasteiger partial charge in [-0.15, -0.1) is 0 Å². The van der Waals surface area contributed by atoms with Gasteiger partial charge >= 0.3 is 0 Å². The Labute approximate surface area is 210 Å². The Balaban J connectivity index is 0.000000320. The highest BCUT2D eigenvalue weighted by Crippen LogP contribution is 2.23. The number of rotatable bonds is 3. The molecule has 2 aromatic rings. The SMILES string of the molecule is CCNc1cccc2c1C/C=C/CCc1cc(C)[nH]c(=O)c1CNC2=O.CN(C)C1CCCCC1. The van der Waals surface area contributed by atoms with Crippen LogP contribution in [0.5, 0.6) is 0 Å². The maximum atomic E-state index is 12.8. The van der Waals surface area contributed by atoms with E-state index in [9.17, 15) is 9.59 Å². The highest BCUT2D eigenvalue weighted by molar-refractivity contribution is 5.97. The topological polar surface area (TPSA) is 77.2 Å². The van der Waals surface area contributed by atoms with E-state index in [0.29, 0.717) is 17.5 Å². The molecule has 1 aromatic heterocycles. The van der Waals surface area contributed by atoms with Crippen molar-refractivity contribution in [2.24, 2.45) is 0 Å². The third-order valence-electron chi connectivity index (χ3n) is 6.95. The molecule has 4 rings (SSSR count). The first-order chi connectivity index (χ1) is 16.9. The first kappa shape index (κ1) is 26.7. The van der Waals surface area contributed by atoms with Crippen LogP contribution in [0.1, 0.15) is 78.2 Å². The number of carbonyl (C=O) groups is 1. The quantitative estimate of drug-likeness (QED) is 0.544. The minimum atomic E-state index is -0.153. The van der Waals surface area contributed by atoms with Gasteiger partial charge in [0, 0.05) is 41.6 Å². The molecule has 190 valence electrons. The fourth-order valence-electron chi connectivity index (χ4n) is 5.00. The number of carbonyl (C=O) groups excluding carboxylic acids is 1. The van der Waals surface area contributed by atoms with Crippen LogP contribution >= 0.6 is 0 Å². The second kappa shape index (κ2) is 13.3. The molecule has 6 heteroatoms. The van der Waals surface area contributed by atoms with Gasteiger partial charge in [-0.05, 0) is 89.4 Å². The first-order valence-electron chi connectivity index (χ1n) is 13.1. The first-order valence-corrected chi connectivity index (χ1v) is 13.1. The number of nitrogens with one attached hydrogen (secondary N) is 3. The van der Waals surface area contributed by atoms with Crippen molar-refractivity contribution in [3.8, 4) is 0 Å². The van der Waals surface area contributed by atoms with Crippen molar-refractivity contribution in [3.63, 3.8) is 0 Å². The van der Waals surface area contributed by atoms with E-state index in [1.807, 2.05) is 38.1 Å². The highest BCUT2D eigenvalue weighted by atomic mass is 16.1. The Bertz CT molecular complexity index is 1060. The number of nitrogens with zero attached hydrogens (tertiary/aromatic N) is 1. The van der Waals surface area contributed by atoms with Crippen molar-refractivity contribution in [1.29, 1.82) is 0 Å². The van der Waals surface area contributed by atoms with E-state index in [1.165, 1.54) is 32.1 Å². The molecule has 1 aliphatic carbocycles. The van der Waals surface area contributed by atoms with E-state index >= 15 is 0 Å². The largest absolute Gasteiger partial charge is 0.385 e. The Morgan fingerprint density at radius 2 is 1.83 bits per heavy atom. The maximum Gasteiger partial charge on any atom is 0.253 e. The molecule has 0 atom stereocenters. The minimum Gasteiger partial charge on any atom is -0.385 e. The van der Waals surface area contributed by atoms with Crippen LogP contribution in [-0.4, -0.2) is 42.5 Å². The summed E-state index contributed by atoms with van der Waals surface area (Å²) in [7, 11) is 4.38. The molecule has 1 amide bonds. The van der Waals surface area contributed by atoms with Crippen LogP contribution in [0.25, 0.3) is 0 Å². The standard InChI is InChI=1S/C21H25N3O2.C8H17N/c1-3-22-19-11-7-10-17-16(19)9-6-4-5-8-15-12-14(2)24-21(26)18(15)13-23-20(17)25;1-9(2)8-6-4-3-5-7-8/h4,6-7,10-12,22H,3,5,8-9,13H2,1-2H3,(H,23,25)(H,24,26);8H,3-7H2,1-2H3/b6-4+;.